The molecule has 0 saturated carbocycles. The molecule has 1 aromatic carbocycles. The second kappa shape index (κ2) is 5.50. The molecule has 2 aromatic rings. The molecule has 3 rings (SSSR count). The van der Waals surface area contributed by atoms with Gasteiger partial charge in [-0.1, -0.05) is 15.9 Å². The minimum Gasteiger partial charge on any atom is -0.490 e. The number of hydrogen-bond acceptors (Lipinski definition) is 4. The number of fused-ring (bicyclic) bond motifs is 1. The molecule has 0 amide bonds. The maximum Gasteiger partial charge on any atom is 0.162 e. The molecule has 5 heteroatoms. The molecular weight excluding hydrogens is 322 g/mol. The average molecular weight is 338 g/mol. The van der Waals surface area contributed by atoms with E-state index in [1.807, 2.05) is 25.1 Å². The molecule has 0 radical (unpaired) electrons. The lowest BCUT2D eigenvalue weighted by molar-refractivity contribution is 0.297. The molecule has 1 aromatic heterocycles. The van der Waals surface area contributed by atoms with Crippen molar-refractivity contribution in [2.45, 2.75) is 19.4 Å². The van der Waals surface area contributed by atoms with E-state index in [1.165, 1.54) is 0 Å². The summed E-state index contributed by atoms with van der Waals surface area (Å²) in [5.41, 5.74) is 8.28. The lowest BCUT2D eigenvalue weighted by Gasteiger charge is -2.16. The number of benzene rings is 1. The number of halogens is 1. The van der Waals surface area contributed by atoms with Crippen molar-refractivity contribution in [2.24, 2.45) is 5.73 Å². The van der Waals surface area contributed by atoms with Gasteiger partial charge in [0.25, 0.3) is 0 Å². The topological polar surface area (TPSA) is 57.6 Å². The Morgan fingerprint density at radius 3 is 2.50 bits per heavy atom. The minimum atomic E-state index is -0.264. The number of hydrogen-bond donors (Lipinski definition) is 1. The maximum absolute atomic E-state index is 6.35. The minimum absolute atomic E-state index is 0.264. The van der Waals surface area contributed by atoms with Gasteiger partial charge in [-0.2, -0.15) is 0 Å². The quantitative estimate of drug-likeness (QED) is 0.910. The van der Waals surface area contributed by atoms with Crippen LogP contribution in [0.2, 0.25) is 0 Å². The van der Waals surface area contributed by atoms with Crippen LogP contribution in [0.25, 0.3) is 0 Å². The van der Waals surface area contributed by atoms with Crippen LogP contribution in [0.4, 0.5) is 0 Å². The summed E-state index contributed by atoms with van der Waals surface area (Å²) >= 11 is 3.57. The molecule has 4 nitrogen and oxygen atoms in total. The molecule has 0 saturated heterocycles. The van der Waals surface area contributed by atoms with Gasteiger partial charge in [0.15, 0.2) is 11.5 Å². The third kappa shape index (κ3) is 2.43. The first-order valence-corrected chi connectivity index (χ1v) is 7.34. The van der Waals surface area contributed by atoms with Crippen molar-refractivity contribution >= 4 is 15.9 Å². The van der Waals surface area contributed by atoms with E-state index in [0.29, 0.717) is 13.2 Å². The molecule has 1 aliphatic rings. The summed E-state index contributed by atoms with van der Waals surface area (Å²) in [7, 11) is 0. The number of furan rings is 1. The highest BCUT2D eigenvalue weighted by atomic mass is 79.9. The third-order valence-corrected chi connectivity index (χ3v) is 4.12. The number of aryl methyl sites for hydroxylation is 1. The van der Waals surface area contributed by atoms with Crippen molar-refractivity contribution in [2.75, 3.05) is 13.2 Å². The van der Waals surface area contributed by atoms with Crippen LogP contribution in [0.5, 0.6) is 11.5 Å². The Morgan fingerprint density at radius 2 is 1.85 bits per heavy atom. The molecule has 0 bridgehead atoms. The fraction of sp³-hybridized carbons (Fsp3) is 0.333. The second-order valence-electron chi connectivity index (χ2n) is 4.78. The summed E-state index contributed by atoms with van der Waals surface area (Å²) in [4.78, 5) is 0. The van der Waals surface area contributed by atoms with E-state index in [4.69, 9.17) is 19.6 Å². The zero-order chi connectivity index (χ0) is 14.1. The SMILES string of the molecule is Cc1occc1C(N)c1cc2c(cc1Br)OCCCO2. The fourth-order valence-corrected chi connectivity index (χ4v) is 2.89. The predicted octanol–water partition coefficient (Wildman–Crippen LogP) is 3.56. The Balaban J connectivity index is 2.01. The normalized spacial score (nSPS) is 15.8. The lowest BCUT2D eigenvalue weighted by atomic mass is 10.00. The van der Waals surface area contributed by atoms with Crippen LogP contribution in [0, 0.1) is 6.92 Å². The summed E-state index contributed by atoms with van der Waals surface area (Å²) < 4.78 is 17.6. The van der Waals surface area contributed by atoms with Crippen LogP contribution < -0.4 is 15.2 Å². The predicted molar refractivity (Wildman–Crippen MR) is 79.2 cm³/mol. The van der Waals surface area contributed by atoms with E-state index in [9.17, 15) is 0 Å². The van der Waals surface area contributed by atoms with Gasteiger partial charge >= 0.3 is 0 Å². The third-order valence-electron chi connectivity index (χ3n) is 3.44. The first-order valence-electron chi connectivity index (χ1n) is 6.55. The molecule has 0 spiro atoms. The van der Waals surface area contributed by atoms with Gasteiger partial charge in [-0.05, 0) is 30.7 Å². The van der Waals surface area contributed by atoms with Crippen LogP contribution in [-0.4, -0.2) is 13.2 Å². The van der Waals surface area contributed by atoms with E-state index < -0.39 is 0 Å². The first kappa shape index (κ1) is 13.5. The zero-order valence-electron chi connectivity index (χ0n) is 11.2. The fourth-order valence-electron chi connectivity index (χ4n) is 2.32. The van der Waals surface area contributed by atoms with Gasteiger partial charge in [-0.25, -0.2) is 0 Å². The van der Waals surface area contributed by atoms with Gasteiger partial charge < -0.3 is 19.6 Å². The first-order chi connectivity index (χ1) is 9.66. The Hall–Kier alpha value is -1.46. The molecule has 20 heavy (non-hydrogen) atoms. The maximum atomic E-state index is 6.35. The van der Waals surface area contributed by atoms with Crippen molar-refractivity contribution < 1.29 is 13.9 Å². The van der Waals surface area contributed by atoms with Crippen LogP contribution in [0.15, 0.2) is 33.4 Å². The lowest BCUT2D eigenvalue weighted by Crippen LogP contribution is -2.13. The summed E-state index contributed by atoms with van der Waals surface area (Å²) in [6, 6.07) is 5.50. The highest BCUT2D eigenvalue weighted by molar-refractivity contribution is 9.10. The van der Waals surface area contributed by atoms with Gasteiger partial charge in [0.2, 0.25) is 0 Å². The number of nitrogens with two attached hydrogens (primary N) is 1. The van der Waals surface area contributed by atoms with E-state index in [-0.39, 0.29) is 6.04 Å². The van der Waals surface area contributed by atoms with Crippen molar-refractivity contribution in [3.05, 3.63) is 45.8 Å². The average Bonchev–Trinajstić information content (AvgIpc) is 2.72. The second-order valence-corrected chi connectivity index (χ2v) is 5.64. The highest BCUT2D eigenvalue weighted by Gasteiger charge is 2.20. The summed E-state index contributed by atoms with van der Waals surface area (Å²) in [6.07, 6.45) is 2.54. The van der Waals surface area contributed by atoms with E-state index in [0.717, 1.165) is 39.3 Å². The highest BCUT2D eigenvalue weighted by Crippen LogP contribution is 2.39. The standard InChI is InChI=1S/C15H16BrNO3/c1-9-10(3-6-18-9)15(17)11-7-13-14(8-12(11)16)20-5-2-4-19-13/h3,6-8,15H,2,4-5,17H2,1H3. The smallest absolute Gasteiger partial charge is 0.162 e. The van der Waals surface area contributed by atoms with Gasteiger partial charge in [0, 0.05) is 16.5 Å². The molecule has 1 aliphatic heterocycles. The number of rotatable bonds is 2. The summed E-state index contributed by atoms with van der Waals surface area (Å²) in [5, 5.41) is 0. The Kier molecular flexibility index (Phi) is 3.72. The zero-order valence-corrected chi connectivity index (χ0v) is 12.8. The number of ether oxygens (including phenoxy) is 2. The van der Waals surface area contributed by atoms with Gasteiger partial charge in [-0.15, -0.1) is 0 Å². The Bertz CT molecular complexity index is 624. The molecular formula is C15H16BrNO3. The molecule has 1 atom stereocenters. The van der Waals surface area contributed by atoms with Crippen LogP contribution in [0.1, 0.15) is 29.3 Å². The Morgan fingerprint density at radius 1 is 1.15 bits per heavy atom. The van der Waals surface area contributed by atoms with E-state index in [2.05, 4.69) is 15.9 Å². The van der Waals surface area contributed by atoms with Crippen molar-refractivity contribution in [1.82, 2.24) is 0 Å². The van der Waals surface area contributed by atoms with Crippen LogP contribution >= 0.6 is 15.9 Å². The summed E-state index contributed by atoms with van der Waals surface area (Å²) in [5.74, 6) is 2.34. The molecule has 2 heterocycles. The Labute approximate surface area is 126 Å². The molecule has 106 valence electrons. The van der Waals surface area contributed by atoms with Gasteiger partial charge in [0.05, 0.1) is 25.5 Å². The van der Waals surface area contributed by atoms with Crippen molar-refractivity contribution in [1.29, 1.82) is 0 Å². The van der Waals surface area contributed by atoms with E-state index in [1.54, 1.807) is 6.26 Å². The van der Waals surface area contributed by atoms with Gasteiger partial charge in [0.1, 0.15) is 5.76 Å². The van der Waals surface area contributed by atoms with Crippen LogP contribution in [0.3, 0.4) is 0 Å². The molecule has 0 fully saturated rings. The van der Waals surface area contributed by atoms with Crippen molar-refractivity contribution in [3.63, 3.8) is 0 Å². The van der Waals surface area contributed by atoms with E-state index >= 15 is 0 Å². The van der Waals surface area contributed by atoms with Gasteiger partial charge in [-0.3, -0.25) is 0 Å². The monoisotopic (exact) mass is 337 g/mol. The van der Waals surface area contributed by atoms with Crippen LogP contribution in [-0.2, 0) is 0 Å². The molecule has 2 N–H and O–H groups in total. The summed E-state index contributed by atoms with van der Waals surface area (Å²) in [6.45, 7) is 3.24. The molecule has 1 unspecified atom stereocenters. The molecule has 0 aliphatic carbocycles. The largest absolute Gasteiger partial charge is 0.490 e. The van der Waals surface area contributed by atoms with Crippen molar-refractivity contribution in [3.8, 4) is 11.5 Å².